The maximum absolute atomic E-state index is 12.9. The van der Waals surface area contributed by atoms with Crippen LogP contribution in [0.2, 0.25) is 0 Å². The van der Waals surface area contributed by atoms with Gasteiger partial charge in [0, 0.05) is 19.7 Å². The fourth-order valence-electron chi connectivity index (χ4n) is 1.91. The SMILES string of the molecule is COCC=Cc1cc(CNC2CC2)cc(C(F)(F)F)c1. The summed E-state index contributed by atoms with van der Waals surface area (Å²) in [6, 6.07) is 4.61. The summed E-state index contributed by atoms with van der Waals surface area (Å²) >= 11 is 0. The maximum atomic E-state index is 12.9. The quantitative estimate of drug-likeness (QED) is 0.862. The lowest BCUT2D eigenvalue weighted by atomic mass is 10.0. The molecule has 0 radical (unpaired) electrons. The molecule has 1 aromatic carbocycles. The van der Waals surface area contributed by atoms with Crippen LogP contribution in [0.5, 0.6) is 0 Å². The van der Waals surface area contributed by atoms with E-state index < -0.39 is 11.7 Å². The van der Waals surface area contributed by atoms with Crippen LogP contribution in [-0.2, 0) is 17.5 Å². The number of hydrogen-bond donors (Lipinski definition) is 1. The minimum atomic E-state index is -4.32. The summed E-state index contributed by atoms with van der Waals surface area (Å²) in [6.45, 7) is 0.853. The normalized spacial score (nSPS) is 16.0. The molecule has 0 spiro atoms. The van der Waals surface area contributed by atoms with E-state index in [2.05, 4.69) is 5.32 Å². The van der Waals surface area contributed by atoms with Crippen LogP contribution >= 0.6 is 0 Å². The molecule has 0 saturated heterocycles. The molecule has 1 aliphatic carbocycles. The third-order valence-electron chi connectivity index (χ3n) is 3.09. The minimum Gasteiger partial charge on any atom is -0.381 e. The van der Waals surface area contributed by atoms with E-state index in [1.807, 2.05) is 0 Å². The van der Waals surface area contributed by atoms with Crippen LogP contribution in [-0.4, -0.2) is 19.8 Å². The highest BCUT2D eigenvalue weighted by Gasteiger charge is 2.31. The maximum Gasteiger partial charge on any atom is 0.416 e. The largest absolute Gasteiger partial charge is 0.416 e. The van der Waals surface area contributed by atoms with E-state index in [9.17, 15) is 13.2 Å². The van der Waals surface area contributed by atoms with Crippen molar-refractivity contribution in [1.82, 2.24) is 5.32 Å². The van der Waals surface area contributed by atoms with Gasteiger partial charge in [0.1, 0.15) is 0 Å². The van der Waals surface area contributed by atoms with Crippen molar-refractivity contribution in [3.05, 3.63) is 41.0 Å². The predicted molar refractivity (Wildman–Crippen MR) is 72.2 cm³/mol. The Kier molecular flexibility index (Phi) is 4.83. The molecule has 0 aromatic heterocycles. The van der Waals surface area contributed by atoms with Crippen molar-refractivity contribution in [2.24, 2.45) is 0 Å². The molecule has 0 amide bonds. The molecule has 0 atom stereocenters. The van der Waals surface area contributed by atoms with E-state index >= 15 is 0 Å². The highest BCUT2D eigenvalue weighted by molar-refractivity contribution is 5.52. The minimum absolute atomic E-state index is 0.381. The summed E-state index contributed by atoms with van der Waals surface area (Å²) in [6.07, 6.45) is 1.26. The zero-order valence-corrected chi connectivity index (χ0v) is 11.3. The molecule has 0 heterocycles. The highest BCUT2D eigenvalue weighted by Crippen LogP contribution is 2.31. The Hall–Kier alpha value is -1.33. The lowest BCUT2D eigenvalue weighted by molar-refractivity contribution is -0.137. The molecule has 5 heteroatoms. The van der Waals surface area contributed by atoms with Gasteiger partial charge < -0.3 is 10.1 Å². The van der Waals surface area contributed by atoms with E-state index in [0.717, 1.165) is 18.9 Å². The van der Waals surface area contributed by atoms with E-state index in [0.29, 0.717) is 30.3 Å². The van der Waals surface area contributed by atoms with Gasteiger partial charge in [0.2, 0.25) is 0 Å². The van der Waals surface area contributed by atoms with Crippen LogP contribution in [0, 0.1) is 0 Å². The summed E-state index contributed by atoms with van der Waals surface area (Å²) in [5.41, 5.74) is 0.595. The molecule has 1 saturated carbocycles. The van der Waals surface area contributed by atoms with Crippen molar-refractivity contribution in [2.45, 2.75) is 31.6 Å². The Morgan fingerprint density at radius 1 is 1.30 bits per heavy atom. The molecular formula is C15H18F3NO. The van der Waals surface area contributed by atoms with Gasteiger partial charge in [0.15, 0.2) is 0 Å². The topological polar surface area (TPSA) is 21.3 Å². The molecule has 1 fully saturated rings. The number of halogens is 3. The van der Waals surface area contributed by atoms with Gasteiger partial charge in [-0.05, 0) is 36.1 Å². The molecule has 1 aliphatic rings. The van der Waals surface area contributed by atoms with Crippen molar-refractivity contribution < 1.29 is 17.9 Å². The fourth-order valence-corrected chi connectivity index (χ4v) is 1.91. The molecule has 0 bridgehead atoms. The van der Waals surface area contributed by atoms with Crippen molar-refractivity contribution in [1.29, 1.82) is 0 Å². The fraction of sp³-hybridized carbons (Fsp3) is 0.467. The summed E-state index contributed by atoms with van der Waals surface area (Å²) in [4.78, 5) is 0. The number of ether oxygens (including phenoxy) is 1. The number of nitrogens with one attached hydrogen (secondary N) is 1. The van der Waals surface area contributed by atoms with E-state index in [1.165, 1.54) is 6.07 Å². The van der Waals surface area contributed by atoms with Crippen LogP contribution in [0.1, 0.15) is 29.5 Å². The third kappa shape index (κ3) is 4.65. The Labute approximate surface area is 116 Å². The molecule has 0 unspecified atom stereocenters. The molecule has 20 heavy (non-hydrogen) atoms. The van der Waals surface area contributed by atoms with Crippen LogP contribution in [0.15, 0.2) is 24.3 Å². The second-order valence-corrected chi connectivity index (χ2v) is 4.97. The lowest BCUT2D eigenvalue weighted by Crippen LogP contribution is -2.16. The second-order valence-electron chi connectivity index (χ2n) is 4.97. The van der Waals surface area contributed by atoms with E-state index in [-0.39, 0.29) is 0 Å². The summed E-state index contributed by atoms with van der Waals surface area (Å²) in [5, 5.41) is 3.23. The standard InChI is InChI=1S/C15H18F3NO/c1-20-6-2-3-11-7-12(10-19-14-4-5-14)9-13(8-11)15(16,17)18/h2-3,7-9,14,19H,4-6,10H2,1H3. The van der Waals surface area contributed by atoms with Gasteiger partial charge in [0.25, 0.3) is 0 Å². The van der Waals surface area contributed by atoms with Gasteiger partial charge in [-0.3, -0.25) is 0 Å². The molecular weight excluding hydrogens is 267 g/mol. The van der Waals surface area contributed by atoms with E-state index in [4.69, 9.17) is 4.74 Å². The number of alkyl halides is 3. The Morgan fingerprint density at radius 3 is 2.65 bits per heavy atom. The average Bonchev–Trinajstić information content (AvgIpc) is 3.19. The van der Waals surface area contributed by atoms with Crippen LogP contribution in [0.4, 0.5) is 13.2 Å². The zero-order valence-electron chi connectivity index (χ0n) is 11.3. The molecule has 110 valence electrons. The lowest BCUT2D eigenvalue weighted by Gasteiger charge is -2.11. The molecule has 1 aromatic rings. The van der Waals surface area contributed by atoms with Gasteiger partial charge in [-0.1, -0.05) is 18.2 Å². The van der Waals surface area contributed by atoms with Crippen molar-refractivity contribution in [3.8, 4) is 0 Å². The zero-order chi connectivity index (χ0) is 14.6. The first-order valence-electron chi connectivity index (χ1n) is 6.59. The smallest absolute Gasteiger partial charge is 0.381 e. The van der Waals surface area contributed by atoms with Crippen molar-refractivity contribution in [2.75, 3.05) is 13.7 Å². The molecule has 1 N–H and O–H groups in total. The van der Waals surface area contributed by atoms with Gasteiger partial charge in [-0.15, -0.1) is 0 Å². The molecule has 2 rings (SSSR count). The van der Waals surface area contributed by atoms with Crippen LogP contribution in [0.3, 0.4) is 0 Å². The Morgan fingerprint density at radius 2 is 2.05 bits per heavy atom. The second kappa shape index (κ2) is 6.41. The van der Waals surface area contributed by atoms with Crippen LogP contribution < -0.4 is 5.32 Å². The van der Waals surface area contributed by atoms with E-state index in [1.54, 1.807) is 25.3 Å². The van der Waals surface area contributed by atoms with Gasteiger partial charge in [-0.2, -0.15) is 13.2 Å². The Bertz CT molecular complexity index is 478. The summed E-state index contributed by atoms with van der Waals surface area (Å²) in [7, 11) is 1.54. The number of methoxy groups -OCH3 is 1. The van der Waals surface area contributed by atoms with Crippen molar-refractivity contribution in [3.63, 3.8) is 0 Å². The third-order valence-corrected chi connectivity index (χ3v) is 3.09. The first kappa shape index (κ1) is 15.1. The highest BCUT2D eigenvalue weighted by atomic mass is 19.4. The average molecular weight is 285 g/mol. The number of rotatable bonds is 6. The number of hydrogen-bond acceptors (Lipinski definition) is 2. The van der Waals surface area contributed by atoms with Gasteiger partial charge >= 0.3 is 6.18 Å². The summed E-state index contributed by atoms with van der Waals surface area (Å²) in [5.74, 6) is 0. The monoisotopic (exact) mass is 285 g/mol. The summed E-state index contributed by atoms with van der Waals surface area (Å²) < 4.78 is 43.5. The first-order valence-corrected chi connectivity index (χ1v) is 6.59. The number of benzene rings is 1. The predicted octanol–water partition coefficient (Wildman–Crippen LogP) is 3.62. The van der Waals surface area contributed by atoms with Crippen LogP contribution in [0.25, 0.3) is 6.08 Å². The molecule has 0 aliphatic heterocycles. The first-order chi connectivity index (χ1) is 9.49. The van der Waals surface area contributed by atoms with Gasteiger partial charge in [0.05, 0.1) is 12.2 Å². The van der Waals surface area contributed by atoms with Gasteiger partial charge in [-0.25, -0.2) is 0 Å². The van der Waals surface area contributed by atoms with Crippen molar-refractivity contribution >= 4 is 6.08 Å². The molecule has 2 nitrogen and oxygen atoms in total. The Balaban J connectivity index is 2.18.